The molecule has 0 amide bonds. The van der Waals surface area contributed by atoms with Crippen LogP contribution in [0.15, 0.2) is 12.7 Å². The minimum absolute atomic E-state index is 0.103. The Hall–Kier alpha value is -0.300. The summed E-state index contributed by atoms with van der Waals surface area (Å²) in [5.74, 6) is 1.70. The van der Waals surface area contributed by atoms with Crippen molar-refractivity contribution in [3.63, 3.8) is 0 Å². The molecular formula is C10H18O. The fourth-order valence-corrected chi connectivity index (χ4v) is 1.99. The standard InChI is InChI=1S/C10H18O/c1-4-9-6-10(11)8(3)5-7(9)2/h4,7-11H,1,5-6H2,2-3H3. The van der Waals surface area contributed by atoms with Crippen LogP contribution in [-0.4, -0.2) is 11.2 Å². The summed E-state index contributed by atoms with van der Waals surface area (Å²) in [5.41, 5.74) is 0. The molecule has 0 aromatic heterocycles. The van der Waals surface area contributed by atoms with Crippen LogP contribution in [0.3, 0.4) is 0 Å². The summed E-state index contributed by atoms with van der Waals surface area (Å²) in [6.07, 6.45) is 3.93. The fraction of sp³-hybridized carbons (Fsp3) is 0.800. The van der Waals surface area contributed by atoms with Gasteiger partial charge in [0.25, 0.3) is 0 Å². The molecule has 1 fully saturated rings. The highest BCUT2D eigenvalue weighted by molar-refractivity contribution is 4.90. The summed E-state index contributed by atoms with van der Waals surface area (Å²) in [6.45, 7) is 8.15. The summed E-state index contributed by atoms with van der Waals surface area (Å²) < 4.78 is 0. The largest absolute Gasteiger partial charge is 0.393 e. The molecule has 1 N–H and O–H groups in total. The summed E-state index contributed by atoms with van der Waals surface area (Å²) >= 11 is 0. The van der Waals surface area contributed by atoms with Crippen LogP contribution in [0.25, 0.3) is 0 Å². The van der Waals surface area contributed by atoms with E-state index >= 15 is 0 Å². The lowest BCUT2D eigenvalue weighted by molar-refractivity contribution is 0.0408. The van der Waals surface area contributed by atoms with E-state index in [0.29, 0.717) is 17.8 Å². The zero-order valence-electron chi connectivity index (χ0n) is 7.46. The van der Waals surface area contributed by atoms with E-state index in [2.05, 4.69) is 20.4 Å². The lowest BCUT2D eigenvalue weighted by Gasteiger charge is -2.34. The molecule has 0 aromatic rings. The molecule has 0 heterocycles. The number of hydrogen-bond acceptors (Lipinski definition) is 1. The fourth-order valence-electron chi connectivity index (χ4n) is 1.99. The van der Waals surface area contributed by atoms with Gasteiger partial charge >= 0.3 is 0 Å². The van der Waals surface area contributed by atoms with Crippen LogP contribution in [0, 0.1) is 17.8 Å². The molecule has 0 saturated heterocycles. The number of hydrogen-bond donors (Lipinski definition) is 1. The van der Waals surface area contributed by atoms with Crippen molar-refractivity contribution in [2.45, 2.75) is 32.8 Å². The summed E-state index contributed by atoms with van der Waals surface area (Å²) in [4.78, 5) is 0. The molecule has 1 rings (SSSR count). The normalized spacial score (nSPS) is 45.4. The minimum atomic E-state index is -0.103. The van der Waals surface area contributed by atoms with E-state index in [-0.39, 0.29) is 6.10 Å². The lowest BCUT2D eigenvalue weighted by atomic mass is 9.74. The Balaban J connectivity index is 2.54. The second kappa shape index (κ2) is 3.40. The van der Waals surface area contributed by atoms with Crippen LogP contribution in [0.4, 0.5) is 0 Å². The second-order valence-corrected chi connectivity index (χ2v) is 3.89. The third-order valence-electron chi connectivity index (χ3n) is 2.95. The Kier molecular flexibility index (Phi) is 2.72. The monoisotopic (exact) mass is 154 g/mol. The molecule has 0 aromatic carbocycles. The molecular weight excluding hydrogens is 136 g/mol. The van der Waals surface area contributed by atoms with Crippen molar-refractivity contribution in [1.82, 2.24) is 0 Å². The molecule has 1 saturated carbocycles. The van der Waals surface area contributed by atoms with Crippen molar-refractivity contribution in [3.05, 3.63) is 12.7 Å². The molecule has 1 heteroatoms. The highest BCUT2D eigenvalue weighted by Crippen LogP contribution is 2.33. The molecule has 1 nitrogen and oxygen atoms in total. The smallest absolute Gasteiger partial charge is 0.0571 e. The molecule has 4 unspecified atom stereocenters. The molecule has 64 valence electrons. The van der Waals surface area contributed by atoms with Crippen LogP contribution in [0.2, 0.25) is 0 Å². The van der Waals surface area contributed by atoms with Crippen molar-refractivity contribution in [2.75, 3.05) is 0 Å². The summed E-state index contributed by atoms with van der Waals surface area (Å²) in [6, 6.07) is 0. The molecule has 0 radical (unpaired) electrons. The van der Waals surface area contributed by atoms with Crippen LogP contribution in [-0.2, 0) is 0 Å². The van der Waals surface area contributed by atoms with E-state index in [1.165, 1.54) is 0 Å². The van der Waals surface area contributed by atoms with Gasteiger partial charge in [0.1, 0.15) is 0 Å². The van der Waals surface area contributed by atoms with E-state index in [1.54, 1.807) is 0 Å². The molecule has 0 bridgehead atoms. The Morgan fingerprint density at radius 2 is 1.91 bits per heavy atom. The van der Waals surface area contributed by atoms with Crippen molar-refractivity contribution >= 4 is 0 Å². The third kappa shape index (κ3) is 1.84. The molecule has 1 aliphatic carbocycles. The zero-order valence-corrected chi connectivity index (χ0v) is 7.46. The van der Waals surface area contributed by atoms with Gasteiger partial charge in [0.15, 0.2) is 0 Å². The number of allylic oxidation sites excluding steroid dienone is 1. The molecule has 1 aliphatic rings. The van der Waals surface area contributed by atoms with Crippen molar-refractivity contribution in [1.29, 1.82) is 0 Å². The van der Waals surface area contributed by atoms with Gasteiger partial charge in [-0.1, -0.05) is 19.9 Å². The second-order valence-electron chi connectivity index (χ2n) is 3.89. The third-order valence-corrected chi connectivity index (χ3v) is 2.95. The topological polar surface area (TPSA) is 20.2 Å². The van der Waals surface area contributed by atoms with Gasteiger partial charge in [0.05, 0.1) is 6.10 Å². The maximum Gasteiger partial charge on any atom is 0.0571 e. The van der Waals surface area contributed by atoms with Gasteiger partial charge in [-0.15, -0.1) is 6.58 Å². The van der Waals surface area contributed by atoms with Gasteiger partial charge in [-0.2, -0.15) is 0 Å². The predicted octanol–water partition coefficient (Wildman–Crippen LogP) is 2.22. The SMILES string of the molecule is C=CC1CC(O)C(C)CC1C. The van der Waals surface area contributed by atoms with Crippen molar-refractivity contribution in [3.8, 4) is 0 Å². The lowest BCUT2D eigenvalue weighted by Crippen LogP contribution is -2.31. The van der Waals surface area contributed by atoms with Gasteiger partial charge in [-0.05, 0) is 30.6 Å². The Morgan fingerprint density at radius 1 is 1.27 bits per heavy atom. The predicted molar refractivity (Wildman–Crippen MR) is 47.3 cm³/mol. The van der Waals surface area contributed by atoms with Gasteiger partial charge in [0.2, 0.25) is 0 Å². The number of aliphatic hydroxyl groups is 1. The van der Waals surface area contributed by atoms with E-state index in [0.717, 1.165) is 12.8 Å². The number of rotatable bonds is 1. The zero-order chi connectivity index (χ0) is 8.43. The highest BCUT2D eigenvalue weighted by Gasteiger charge is 2.29. The van der Waals surface area contributed by atoms with Crippen LogP contribution >= 0.6 is 0 Å². The van der Waals surface area contributed by atoms with E-state index in [9.17, 15) is 5.11 Å². The van der Waals surface area contributed by atoms with Crippen molar-refractivity contribution < 1.29 is 5.11 Å². The minimum Gasteiger partial charge on any atom is -0.393 e. The average molecular weight is 154 g/mol. The Morgan fingerprint density at radius 3 is 2.45 bits per heavy atom. The first-order valence-electron chi connectivity index (χ1n) is 4.45. The van der Waals surface area contributed by atoms with Gasteiger partial charge in [-0.25, -0.2) is 0 Å². The van der Waals surface area contributed by atoms with E-state index in [1.807, 2.05) is 6.08 Å². The van der Waals surface area contributed by atoms with E-state index < -0.39 is 0 Å². The Labute approximate surface area is 69.1 Å². The van der Waals surface area contributed by atoms with Crippen molar-refractivity contribution in [2.24, 2.45) is 17.8 Å². The molecule has 11 heavy (non-hydrogen) atoms. The average Bonchev–Trinajstić information content (AvgIpc) is 1.97. The van der Waals surface area contributed by atoms with Gasteiger partial charge < -0.3 is 5.11 Å². The summed E-state index contributed by atoms with van der Waals surface area (Å²) in [7, 11) is 0. The quantitative estimate of drug-likeness (QED) is 0.574. The highest BCUT2D eigenvalue weighted by atomic mass is 16.3. The first-order chi connectivity index (χ1) is 5.15. The maximum absolute atomic E-state index is 9.55. The molecule has 0 aliphatic heterocycles. The number of aliphatic hydroxyl groups excluding tert-OH is 1. The Bertz CT molecular complexity index is 142. The van der Waals surface area contributed by atoms with Crippen LogP contribution in [0.1, 0.15) is 26.7 Å². The van der Waals surface area contributed by atoms with E-state index in [4.69, 9.17) is 0 Å². The summed E-state index contributed by atoms with van der Waals surface area (Å²) in [5, 5.41) is 9.55. The first kappa shape index (κ1) is 8.79. The molecule has 0 spiro atoms. The van der Waals surface area contributed by atoms with Gasteiger partial charge in [-0.3, -0.25) is 0 Å². The molecule has 4 atom stereocenters. The van der Waals surface area contributed by atoms with Gasteiger partial charge in [0, 0.05) is 0 Å². The maximum atomic E-state index is 9.55. The van der Waals surface area contributed by atoms with Crippen LogP contribution in [0.5, 0.6) is 0 Å². The van der Waals surface area contributed by atoms with Crippen LogP contribution < -0.4 is 0 Å². The first-order valence-corrected chi connectivity index (χ1v) is 4.45.